The molecule has 0 aliphatic carbocycles. The number of rotatable bonds is 11. The van der Waals surface area contributed by atoms with Gasteiger partial charge in [0, 0.05) is 32.0 Å². The monoisotopic (exact) mass is 433 g/mol. The van der Waals surface area contributed by atoms with E-state index in [1.165, 1.54) is 10.5 Å². The highest BCUT2D eigenvalue weighted by molar-refractivity contribution is 6.35. The number of likely N-dealkylation sites (N-methyl/N-ethyl adjacent to an activating group) is 1. The van der Waals surface area contributed by atoms with E-state index >= 15 is 0 Å². The second-order valence-corrected chi connectivity index (χ2v) is 8.55. The van der Waals surface area contributed by atoms with Crippen LogP contribution in [0.1, 0.15) is 61.8 Å². The van der Waals surface area contributed by atoms with Crippen LogP contribution in [0.3, 0.4) is 0 Å². The number of carbonyl (C=O) groups excluding carboxylic acids is 2. The van der Waals surface area contributed by atoms with Gasteiger partial charge in [0.1, 0.15) is 5.70 Å². The molecule has 3 rings (SSSR count). The van der Waals surface area contributed by atoms with Gasteiger partial charge in [-0.3, -0.25) is 19.5 Å². The molecule has 5 heteroatoms. The van der Waals surface area contributed by atoms with E-state index < -0.39 is 0 Å². The van der Waals surface area contributed by atoms with Crippen LogP contribution in [0.4, 0.5) is 0 Å². The summed E-state index contributed by atoms with van der Waals surface area (Å²) in [5.41, 5.74) is 5.31. The molecule has 1 aliphatic rings. The summed E-state index contributed by atoms with van der Waals surface area (Å²) in [7, 11) is 0. The van der Waals surface area contributed by atoms with Crippen LogP contribution >= 0.6 is 0 Å². The Morgan fingerprint density at radius 2 is 1.69 bits per heavy atom. The maximum atomic E-state index is 13.5. The molecule has 0 radical (unpaired) electrons. The van der Waals surface area contributed by atoms with E-state index in [1.807, 2.05) is 45.0 Å². The van der Waals surface area contributed by atoms with Gasteiger partial charge in [0.05, 0.1) is 5.57 Å². The molecule has 0 atom stereocenters. The SMILES string of the molecule is CCCCCCN1C(=O)C(c2ccc(C)cc2C)=C(N(CC)CCc2ccncc2)C1=O. The van der Waals surface area contributed by atoms with Gasteiger partial charge in [0.15, 0.2) is 0 Å². The standard InChI is InChI=1S/C27H35N3O2/c1-5-7-8-9-17-30-26(31)24(23-11-10-20(3)19-21(23)4)25(27(30)32)29(6-2)18-14-22-12-15-28-16-13-22/h10-13,15-16,19H,5-9,14,17-18H2,1-4H3. The molecule has 1 aromatic heterocycles. The number of aromatic nitrogens is 1. The van der Waals surface area contributed by atoms with Crippen LogP contribution in [0.25, 0.3) is 5.57 Å². The first kappa shape index (κ1) is 23.7. The van der Waals surface area contributed by atoms with Crippen LogP contribution in [-0.2, 0) is 16.0 Å². The molecule has 5 nitrogen and oxygen atoms in total. The van der Waals surface area contributed by atoms with Gasteiger partial charge >= 0.3 is 0 Å². The highest BCUT2D eigenvalue weighted by atomic mass is 16.2. The number of amides is 2. The molecule has 0 N–H and O–H groups in total. The third-order valence-corrected chi connectivity index (χ3v) is 6.15. The average Bonchev–Trinajstić information content (AvgIpc) is 3.02. The molecular formula is C27H35N3O2. The normalized spacial score (nSPS) is 13.9. The molecule has 1 aliphatic heterocycles. The summed E-state index contributed by atoms with van der Waals surface area (Å²) >= 11 is 0. The summed E-state index contributed by atoms with van der Waals surface area (Å²) in [5, 5.41) is 0. The first-order chi connectivity index (χ1) is 15.5. The molecule has 0 spiro atoms. The van der Waals surface area contributed by atoms with Crippen molar-refractivity contribution in [3.05, 3.63) is 70.7 Å². The minimum atomic E-state index is -0.157. The third kappa shape index (κ3) is 5.26. The average molecular weight is 434 g/mol. The van der Waals surface area contributed by atoms with Gasteiger partial charge in [-0.25, -0.2) is 0 Å². The number of carbonyl (C=O) groups is 2. The van der Waals surface area contributed by atoms with Gasteiger partial charge in [-0.1, -0.05) is 49.9 Å². The molecule has 0 bridgehead atoms. The first-order valence-corrected chi connectivity index (χ1v) is 11.8. The Kier molecular flexibility index (Phi) is 8.20. The minimum Gasteiger partial charge on any atom is -0.366 e. The zero-order valence-electron chi connectivity index (χ0n) is 19.9. The summed E-state index contributed by atoms with van der Waals surface area (Å²) in [6.45, 7) is 10.1. The zero-order chi connectivity index (χ0) is 23.1. The van der Waals surface area contributed by atoms with Crippen molar-refractivity contribution in [1.29, 1.82) is 0 Å². The molecule has 2 heterocycles. The summed E-state index contributed by atoms with van der Waals surface area (Å²) < 4.78 is 0. The van der Waals surface area contributed by atoms with Crippen LogP contribution in [0, 0.1) is 13.8 Å². The second-order valence-electron chi connectivity index (χ2n) is 8.55. The van der Waals surface area contributed by atoms with E-state index in [9.17, 15) is 9.59 Å². The fourth-order valence-corrected chi connectivity index (χ4v) is 4.33. The van der Waals surface area contributed by atoms with Gasteiger partial charge in [0.25, 0.3) is 11.8 Å². The predicted molar refractivity (Wildman–Crippen MR) is 129 cm³/mol. The molecular weight excluding hydrogens is 398 g/mol. The molecule has 1 aromatic carbocycles. The van der Waals surface area contributed by atoms with Gasteiger partial charge in [-0.2, -0.15) is 0 Å². The molecule has 2 amide bonds. The van der Waals surface area contributed by atoms with E-state index in [0.717, 1.165) is 48.8 Å². The first-order valence-electron chi connectivity index (χ1n) is 11.8. The number of aryl methyl sites for hydroxylation is 2. The number of unbranched alkanes of at least 4 members (excludes halogenated alkanes) is 3. The third-order valence-electron chi connectivity index (χ3n) is 6.15. The number of benzene rings is 1. The summed E-state index contributed by atoms with van der Waals surface area (Å²) in [4.78, 5) is 34.7. The molecule has 32 heavy (non-hydrogen) atoms. The summed E-state index contributed by atoms with van der Waals surface area (Å²) in [6.07, 6.45) is 8.48. The van der Waals surface area contributed by atoms with Crippen molar-refractivity contribution in [1.82, 2.24) is 14.8 Å². The van der Waals surface area contributed by atoms with E-state index in [0.29, 0.717) is 30.9 Å². The van der Waals surface area contributed by atoms with Gasteiger partial charge in [-0.05, 0) is 62.4 Å². The highest BCUT2D eigenvalue weighted by Gasteiger charge is 2.41. The maximum Gasteiger partial charge on any atom is 0.277 e. The number of pyridine rings is 1. The summed E-state index contributed by atoms with van der Waals surface area (Å²) in [6, 6.07) is 10.1. The van der Waals surface area contributed by atoms with Crippen molar-refractivity contribution in [2.45, 2.75) is 59.8 Å². The number of hydrogen-bond acceptors (Lipinski definition) is 4. The lowest BCUT2D eigenvalue weighted by Gasteiger charge is -2.25. The number of hydrogen-bond donors (Lipinski definition) is 0. The molecule has 170 valence electrons. The lowest BCUT2D eigenvalue weighted by Crippen LogP contribution is -2.36. The van der Waals surface area contributed by atoms with Crippen LogP contribution in [-0.4, -0.2) is 46.2 Å². The van der Waals surface area contributed by atoms with Gasteiger partial charge in [0.2, 0.25) is 0 Å². The van der Waals surface area contributed by atoms with E-state index in [4.69, 9.17) is 0 Å². The van der Waals surface area contributed by atoms with Gasteiger partial charge < -0.3 is 4.90 Å². The smallest absolute Gasteiger partial charge is 0.277 e. The summed E-state index contributed by atoms with van der Waals surface area (Å²) in [5.74, 6) is -0.311. The number of imide groups is 1. The Hall–Kier alpha value is -2.95. The fourth-order valence-electron chi connectivity index (χ4n) is 4.33. The van der Waals surface area contributed by atoms with Crippen molar-refractivity contribution in [3.8, 4) is 0 Å². The van der Waals surface area contributed by atoms with E-state index in [1.54, 1.807) is 12.4 Å². The lowest BCUT2D eigenvalue weighted by atomic mass is 9.97. The van der Waals surface area contributed by atoms with Crippen molar-refractivity contribution in [2.24, 2.45) is 0 Å². The van der Waals surface area contributed by atoms with Gasteiger partial charge in [-0.15, -0.1) is 0 Å². The lowest BCUT2D eigenvalue weighted by molar-refractivity contribution is -0.137. The van der Waals surface area contributed by atoms with Crippen LogP contribution in [0.5, 0.6) is 0 Å². The van der Waals surface area contributed by atoms with Crippen molar-refractivity contribution >= 4 is 17.4 Å². The minimum absolute atomic E-state index is 0.155. The highest BCUT2D eigenvalue weighted by Crippen LogP contribution is 2.34. The molecule has 0 unspecified atom stereocenters. The molecule has 0 saturated heterocycles. The predicted octanol–water partition coefficient (Wildman–Crippen LogP) is 4.92. The Morgan fingerprint density at radius 1 is 0.938 bits per heavy atom. The molecule has 0 saturated carbocycles. The number of nitrogens with zero attached hydrogens (tertiary/aromatic N) is 3. The Labute approximate surface area is 192 Å². The zero-order valence-corrected chi connectivity index (χ0v) is 19.9. The van der Waals surface area contributed by atoms with Crippen LogP contribution in [0.2, 0.25) is 0 Å². The molecule has 0 fully saturated rings. The maximum absolute atomic E-state index is 13.5. The Balaban J connectivity index is 1.95. The van der Waals surface area contributed by atoms with Crippen LogP contribution in [0.15, 0.2) is 48.4 Å². The van der Waals surface area contributed by atoms with E-state index in [2.05, 4.69) is 22.9 Å². The second kappa shape index (κ2) is 11.1. The van der Waals surface area contributed by atoms with E-state index in [-0.39, 0.29) is 11.8 Å². The fraction of sp³-hybridized carbons (Fsp3) is 0.444. The van der Waals surface area contributed by atoms with Crippen LogP contribution < -0.4 is 0 Å². The molecule has 2 aromatic rings. The van der Waals surface area contributed by atoms with Crippen molar-refractivity contribution < 1.29 is 9.59 Å². The largest absolute Gasteiger partial charge is 0.366 e. The Morgan fingerprint density at radius 3 is 2.34 bits per heavy atom. The topological polar surface area (TPSA) is 53.5 Å². The Bertz CT molecular complexity index is 982. The van der Waals surface area contributed by atoms with Crippen molar-refractivity contribution in [2.75, 3.05) is 19.6 Å². The quantitative estimate of drug-likeness (QED) is 0.373. The van der Waals surface area contributed by atoms with Crippen molar-refractivity contribution in [3.63, 3.8) is 0 Å².